The molecule has 0 saturated heterocycles. The molecule has 0 aliphatic heterocycles. The molecule has 1 aromatic heterocycles. The van der Waals surface area contributed by atoms with Gasteiger partial charge in [-0.25, -0.2) is 0 Å². The lowest BCUT2D eigenvalue weighted by Crippen LogP contribution is -1.99. The summed E-state index contributed by atoms with van der Waals surface area (Å²) in [6.07, 6.45) is 1.79. The van der Waals surface area contributed by atoms with Gasteiger partial charge in [-0.15, -0.1) is 0 Å². The van der Waals surface area contributed by atoms with Gasteiger partial charge in [-0.1, -0.05) is 30.3 Å². The Morgan fingerprint density at radius 3 is 2.86 bits per heavy atom. The van der Waals surface area contributed by atoms with Gasteiger partial charge in [0.15, 0.2) is 0 Å². The van der Waals surface area contributed by atoms with Gasteiger partial charge in [0.05, 0.1) is 17.1 Å². The van der Waals surface area contributed by atoms with E-state index in [1.807, 2.05) is 43.3 Å². The number of para-hydroxylation sites is 1. The maximum absolute atomic E-state index is 8.96. The number of hydrogen-bond donors (Lipinski definition) is 0. The lowest BCUT2D eigenvalue weighted by molar-refractivity contribution is 0.305. The van der Waals surface area contributed by atoms with Gasteiger partial charge in [-0.2, -0.15) is 5.26 Å². The van der Waals surface area contributed by atoms with E-state index in [1.54, 1.807) is 18.3 Å². The second-order valence-corrected chi connectivity index (χ2v) is 4.87. The molecule has 2 aromatic carbocycles. The molecule has 0 saturated carbocycles. The second-order valence-electron chi connectivity index (χ2n) is 4.87. The Morgan fingerprint density at radius 2 is 2.00 bits per heavy atom. The van der Waals surface area contributed by atoms with Crippen molar-refractivity contribution in [2.24, 2.45) is 0 Å². The van der Waals surface area contributed by atoms with E-state index in [4.69, 9.17) is 10.00 Å². The zero-order chi connectivity index (χ0) is 14.7. The first-order valence-corrected chi connectivity index (χ1v) is 6.74. The highest BCUT2D eigenvalue weighted by molar-refractivity contribution is 5.81. The molecule has 3 aromatic rings. The summed E-state index contributed by atoms with van der Waals surface area (Å²) in [5.41, 5.74) is 3.61. The van der Waals surface area contributed by atoms with E-state index < -0.39 is 0 Å². The van der Waals surface area contributed by atoms with Gasteiger partial charge in [0, 0.05) is 17.1 Å². The molecule has 3 rings (SSSR count). The van der Waals surface area contributed by atoms with Crippen molar-refractivity contribution in [1.29, 1.82) is 5.26 Å². The van der Waals surface area contributed by atoms with Gasteiger partial charge in [0.1, 0.15) is 12.4 Å². The summed E-state index contributed by atoms with van der Waals surface area (Å²) >= 11 is 0. The van der Waals surface area contributed by atoms with Gasteiger partial charge in [0.2, 0.25) is 0 Å². The monoisotopic (exact) mass is 274 g/mol. The molecule has 0 spiro atoms. The van der Waals surface area contributed by atoms with Gasteiger partial charge < -0.3 is 4.74 Å². The van der Waals surface area contributed by atoms with Crippen molar-refractivity contribution in [1.82, 2.24) is 4.98 Å². The maximum atomic E-state index is 8.96. The molecule has 0 fully saturated rings. The highest BCUT2D eigenvalue weighted by atomic mass is 16.5. The number of fused-ring (bicyclic) bond motifs is 1. The van der Waals surface area contributed by atoms with Crippen molar-refractivity contribution in [3.05, 3.63) is 71.4 Å². The first kappa shape index (κ1) is 13.1. The van der Waals surface area contributed by atoms with Crippen molar-refractivity contribution < 1.29 is 4.74 Å². The van der Waals surface area contributed by atoms with E-state index in [9.17, 15) is 0 Å². The number of nitrogens with zero attached hydrogens (tertiary/aromatic N) is 2. The van der Waals surface area contributed by atoms with E-state index >= 15 is 0 Å². The van der Waals surface area contributed by atoms with Crippen LogP contribution >= 0.6 is 0 Å². The normalized spacial score (nSPS) is 10.3. The van der Waals surface area contributed by atoms with Crippen LogP contribution in [0.1, 0.15) is 16.7 Å². The number of aromatic nitrogens is 1. The molecule has 0 bridgehead atoms. The van der Waals surface area contributed by atoms with Gasteiger partial charge in [-0.3, -0.25) is 4.98 Å². The van der Waals surface area contributed by atoms with Crippen molar-refractivity contribution in [3.63, 3.8) is 0 Å². The molecular formula is C18H14N2O. The highest BCUT2D eigenvalue weighted by Gasteiger charge is 2.05. The van der Waals surface area contributed by atoms with Gasteiger partial charge in [0.25, 0.3) is 0 Å². The average molecular weight is 274 g/mol. The van der Waals surface area contributed by atoms with E-state index in [2.05, 4.69) is 11.1 Å². The largest absolute Gasteiger partial charge is 0.489 e. The maximum Gasteiger partial charge on any atom is 0.124 e. The van der Waals surface area contributed by atoms with Crippen molar-refractivity contribution in [2.45, 2.75) is 13.5 Å². The SMILES string of the molecule is Cc1ccc(C#N)cc1OCc1cccc2cccnc12. The van der Waals surface area contributed by atoms with Crippen molar-refractivity contribution in [3.8, 4) is 11.8 Å². The Bertz CT molecular complexity index is 829. The summed E-state index contributed by atoms with van der Waals surface area (Å²) in [5.74, 6) is 0.738. The molecule has 0 unspecified atom stereocenters. The van der Waals surface area contributed by atoms with Crippen LogP contribution in [0.15, 0.2) is 54.7 Å². The molecule has 1 heterocycles. The highest BCUT2D eigenvalue weighted by Crippen LogP contribution is 2.22. The fourth-order valence-corrected chi connectivity index (χ4v) is 2.26. The van der Waals surface area contributed by atoms with Crippen molar-refractivity contribution >= 4 is 10.9 Å². The Labute approximate surface area is 123 Å². The van der Waals surface area contributed by atoms with Crippen LogP contribution in [0.5, 0.6) is 5.75 Å². The minimum absolute atomic E-state index is 0.435. The molecule has 0 radical (unpaired) electrons. The molecule has 21 heavy (non-hydrogen) atoms. The average Bonchev–Trinajstić information content (AvgIpc) is 2.54. The Morgan fingerprint density at radius 1 is 1.14 bits per heavy atom. The molecule has 0 atom stereocenters. The Kier molecular flexibility index (Phi) is 3.53. The van der Waals surface area contributed by atoms with Crippen LogP contribution in [0, 0.1) is 18.3 Å². The van der Waals surface area contributed by atoms with Crippen LogP contribution in [0.4, 0.5) is 0 Å². The van der Waals surface area contributed by atoms with E-state index in [0.29, 0.717) is 12.2 Å². The third kappa shape index (κ3) is 2.70. The second kappa shape index (κ2) is 5.64. The molecule has 0 aliphatic carbocycles. The fourth-order valence-electron chi connectivity index (χ4n) is 2.26. The van der Waals surface area contributed by atoms with E-state index in [1.165, 1.54) is 0 Å². The van der Waals surface area contributed by atoms with Crippen LogP contribution in [0.3, 0.4) is 0 Å². The summed E-state index contributed by atoms with van der Waals surface area (Å²) in [6, 6.07) is 17.6. The molecule has 102 valence electrons. The predicted octanol–water partition coefficient (Wildman–Crippen LogP) is 3.99. The molecule has 0 N–H and O–H groups in total. The number of nitriles is 1. The van der Waals surface area contributed by atoms with Gasteiger partial charge in [-0.05, 0) is 30.7 Å². The third-order valence-electron chi connectivity index (χ3n) is 3.42. The van der Waals surface area contributed by atoms with Crippen molar-refractivity contribution in [2.75, 3.05) is 0 Å². The molecule has 3 heteroatoms. The lowest BCUT2D eigenvalue weighted by atomic mass is 10.1. The first-order valence-electron chi connectivity index (χ1n) is 6.74. The third-order valence-corrected chi connectivity index (χ3v) is 3.42. The lowest BCUT2D eigenvalue weighted by Gasteiger charge is -2.10. The Hall–Kier alpha value is -2.86. The number of hydrogen-bond acceptors (Lipinski definition) is 3. The summed E-state index contributed by atoms with van der Waals surface area (Å²) in [7, 11) is 0. The minimum atomic E-state index is 0.435. The molecule has 3 nitrogen and oxygen atoms in total. The minimum Gasteiger partial charge on any atom is -0.489 e. The summed E-state index contributed by atoms with van der Waals surface area (Å²) in [4.78, 5) is 4.42. The van der Waals surface area contributed by atoms with Crippen LogP contribution in [-0.2, 0) is 6.61 Å². The summed E-state index contributed by atoms with van der Waals surface area (Å²) < 4.78 is 5.88. The zero-order valence-electron chi connectivity index (χ0n) is 11.7. The number of pyridine rings is 1. The number of rotatable bonds is 3. The first-order chi connectivity index (χ1) is 10.3. The number of ether oxygens (including phenoxy) is 1. The van der Waals surface area contributed by atoms with Crippen LogP contribution < -0.4 is 4.74 Å². The number of benzene rings is 2. The summed E-state index contributed by atoms with van der Waals surface area (Å²) in [6.45, 7) is 2.40. The quantitative estimate of drug-likeness (QED) is 0.725. The molecule has 0 aliphatic rings. The number of aryl methyl sites for hydroxylation is 1. The smallest absolute Gasteiger partial charge is 0.124 e. The summed E-state index contributed by atoms with van der Waals surface area (Å²) in [5, 5.41) is 10.1. The molecular weight excluding hydrogens is 260 g/mol. The Balaban J connectivity index is 1.89. The fraction of sp³-hybridized carbons (Fsp3) is 0.111. The predicted molar refractivity (Wildman–Crippen MR) is 82.0 cm³/mol. The van der Waals surface area contributed by atoms with Crippen LogP contribution in [-0.4, -0.2) is 4.98 Å². The zero-order valence-corrected chi connectivity index (χ0v) is 11.7. The van der Waals surface area contributed by atoms with E-state index in [-0.39, 0.29) is 0 Å². The topological polar surface area (TPSA) is 45.9 Å². The van der Waals surface area contributed by atoms with Crippen LogP contribution in [0.25, 0.3) is 10.9 Å². The van der Waals surface area contributed by atoms with E-state index in [0.717, 1.165) is 27.8 Å². The molecule has 0 amide bonds. The standard InChI is InChI=1S/C18H14N2O/c1-13-7-8-14(11-19)10-17(13)21-12-16-5-2-4-15-6-3-9-20-18(15)16/h2-10H,12H2,1H3. The van der Waals surface area contributed by atoms with Gasteiger partial charge >= 0.3 is 0 Å². The van der Waals surface area contributed by atoms with Crippen LogP contribution in [0.2, 0.25) is 0 Å².